The van der Waals surface area contributed by atoms with Crippen LogP contribution in [0.25, 0.3) is 0 Å². The first-order valence-corrected chi connectivity index (χ1v) is 8.55. The van der Waals surface area contributed by atoms with Crippen molar-refractivity contribution in [1.82, 2.24) is 0 Å². The molecule has 1 N–H and O–H groups in total. The van der Waals surface area contributed by atoms with E-state index >= 15 is 0 Å². The fourth-order valence-electron chi connectivity index (χ4n) is 5.37. The summed E-state index contributed by atoms with van der Waals surface area (Å²) in [5, 5.41) is 10.2. The Morgan fingerprint density at radius 2 is 1.95 bits per heavy atom. The number of fused-ring (bicyclic) bond motifs is 4. The van der Waals surface area contributed by atoms with Gasteiger partial charge in [0.05, 0.1) is 13.2 Å². The van der Waals surface area contributed by atoms with E-state index in [1.807, 2.05) is 0 Å². The molecule has 0 bridgehead atoms. The normalized spacial score (nSPS) is 36.6. The van der Waals surface area contributed by atoms with E-state index in [4.69, 9.17) is 4.74 Å². The molecule has 1 fully saturated rings. The molecule has 1 saturated carbocycles. The molecular weight excluding hydrogens is 272 g/mol. The van der Waals surface area contributed by atoms with Crippen molar-refractivity contribution in [3.63, 3.8) is 0 Å². The molecule has 118 valence electrons. The lowest BCUT2D eigenvalue weighted by Crippen LogP contribution is -2.38. The Kier molecular flexibility index (Phi) is 3.00. The lowest BCUT2D eigenvalue weighted by molar-refractivity contribution is 0.157. The molecule has 22 heavy (non-hydrogen) atoms. The van der Waals surface area contributed by atoms with E-state index in [1.54, 1.807) is 18.3 Å². The monoisotopic (exact) mass is 298 g/mol. The standard InChI is InChI=1S/C20H26O2/c1-19-8-9-20(2)16-7-5-15(22-3)10-13(16)4-6-17(20)18(19)11-14(21)12-19/h5,7,10,14,21H,4,6,8-9,11-12H2,1-3H3/t14-,19-,20+/m1/s1. The fourth-order valence-corrected chi connectivity index (χ4v) is 5.37. The van der Waals surface area contributed by atoms with Crippen LogP contribution in [-0.2, 0) is 11.8 Å². The Morgan fingerprint density at radius 1 is 1.14 bits per heavy atom. The van der Waals surface area contributed by atoms with Crippen LogP contribution >= 0.6 is 0 Å². The van der Waals surface area contributed by atoms with Gasteiger partial charge in [0, 0.05) is 5.41 Å². The number of aliphatic hydroxyl groups excluding tert-OH is 1. The zero-order chi connectivity index (χ0) is 15.5. The van der Waals surface area contributed by atoms with Gasteiger partial charge < -0.3 is 9.84 Å². The lowest BCUT2D eigenvalue weighted by atomic mass is 9.56. The molecule has 0 radical (unpaired) electrons. The van der Waals surface area contributed by atoms with Gasteiger partial charge in [-0.25, -0.2) is 0 Å². The Labute approximate surface area is 133 Å². The average molecular weight is 298 g/mol. The molecule has 4 rings (SSSR count). The minimum atomic E-state index is -0.132. The number of aryl methyl sites for hydroxylation is 1. The molecule has 0 heterocycles. The number of aliphatic hydroxyl groups is 1. The number of hydrogen-bond acceptors (Lipinski definition) is 2. The van der Waals surface area contributed by atoms with Crippen molar-refractivity contribution >= 4 is 0 Å². The number of rotatable bonds is 1. The molecule has 3 atom stereocenters. The molecule has 0 saturated heterocycles. The molecule has 1 aromatic rings. The summed E-state index contributed by atoms with van der Waals surface area (Å²) in [6, 6.07) is 6.61. The van der Waals surface area contributed by atoms with Gasteiger partial charge in [-0.2, -0.15) is 0 Å². The third-order valence-corrected chi connectivity index (χ3v) is 6.61. The van der Waals surface area contributed by atoms with E-state index in [1.165, 1.54) is 24.0 Å². The maximum absolute atomic E-state index is 10.2. The Morgan fingerprint density at radius 3 is 2.73 bits per heavy atom. The van der Waals surface area contributed by atoms with Crippen molar-refractivity contribution in [1.29, 1.82) is 0 Å². The van der Waals surface area contributed by atoms with Crippen LogP contribution in [-0.4, -0.2) is 18.3 Å². The van der Waals surface area contributed by atoms with Crippen molar-refractivity contribution in [2.75, 3.05) is 7.11 Å². The molecule has 0 spiro atoms. The largest absolute Gasteiger partial charge is 0.497 e. The second-order valence-electron chi connectivity index (χ2n) is 7.94. The van der Waals surface area contributed by atoms with E-state index in [-0.39, 0.29) is 16.9 Å². The van der Waals surface area contributed by atoms with Gasteiger partial charge in [-0.15, -0.1) is 0 Å². The lowest BCUT2D eigenvalue weighted by Gasteiger charge is -2.48. The van der Waals surface area contributed by atoms with Gasteiger partial charge in [-0.3, -0.25) is 0 Å². The molecule has 0 unspecified atom stereocenters. The molecule has 0 aromatic heterocycles. The maximum Gasteiger partial charge on any atom is 0.119 e. The highest BCUT2D eigenvalue weighted by Crippen LogP contribution is 2.59. The van der Waals surface area contributed by atoms with Gasteiger partial charge in [0.25, 0.3) is 0 Å². The molecule has 2 nitrogen and oxygen atoms in total. The minimum absolute atomic E-state index is 0.132. The van der Waals surface area contributed by atoms with Gasteiger partial charge in [0.2, 0.25) is 0 Å². The van der Waals surface area contributed by atoms with Crippen LogP contribution in [0.2, 0.25) is 0 Å². The van der Waals surface area contributed by atoms with E-state index in [9.17, 15) is 5.11 Å². The third kappa shape index (κ3) is 1.83. The van der Waals surface area contributed by atoms with Crippen molar-refractivity contribution in [3.05, 3.63) is 40.5 Å². The van der Waals surface area contributed by atoms with Crippen molar-refractivity contribution < 1.29 is 9.84 Å². The van der Waals surface area contributed by atoms with E-state index in [0.29, 0.717) is 0 Å². The smallest absolute Gasteiger partial charge is 0.119 e. The van der Waals surface area contributed by atoms with Crippen LogP contribution < -0.4 is 4.74 Å². The summed E-state index contributed by atoms with van der Waals surface area (Å²) in [6.07, 6.45) is 6.37. The van der Waals surface area contributed by atoms with Crippen LogP contribution in [0, 0.1) is 5.41 Å². The zero-order valence-corrected chi connectivity index (χ0v) is 13.9. The highest BCUT2D eigenvalue weighted by molar-refractivity contribution is 5.52. The molecule has 3 aliphatic carbocycles. The van der Waals surface area contributed by atoms with Crippen LogP contribution in [0.15, 0.2) is 29.3 Å². The molecule has 2 heteroatoms. The number of methoxy groups -OCH3 is 1. The van der Waals surface area contributed by atoms with Crippen molar-refractivity contribution in [2.24, 2.45) is 5.41 Å². The maximum atomic E-state index is 10.2. The van der Waals surface area contributed by atoms with Crippen LogP contribution in [0.3, 0.4) is 0 Å². The van der Waals surface area contributed by atoms with Gasteiger partial charge in [0.15, 0.2) is 0 Å². The topological polar surface area (TPSA) is 29.5 Å². The van der Waals surface area contributed by atoms with Crippen molar-refractivity contribution in [2.45, 2.75) is 63.9 Å². The van der Waals surface area contributed by atoms with Gasteiger partial charge >= 0.3 is 0 Å². The molecule has 0 amide bonds. The number of benzene rings is 1. The Bertz CT molecular complexity index is 660. The number of ether oxygens (including phenoxy) is 1. The predicted octanol–water partition coefficient (Wildman–Crippen LogP) is 4.15. The first kappa shape index (κ1) is 14.3. The zero-order valence-electron chi connectivity index (χ0n) is 13.9. The molecule has 1 aromatic carbocycles. The van der Waals surface area contributed by atoms with Gasteiger partial charge in [-0.1, -0.05) is 31.1 Å². The second-order valence-corrected chi connectivity index (χ2v) is 7.94. The second kappa shape index (κ2) is 4.61. The van der Waals surface area contributed by atoms with E-state index < -0.39 is 0 Å². The summed E-state index contributed by atoms with van der Waals surface area (Å²) in [6.45, 7) is 4.79. The third-order valence-electron chi connectivity index (χ3n) is 6.61. The first-order chi connectivity index (χ1) is 10.5. The summed E-state index contributed by atoms with van der Waals surface area (Å²) in [5.41, 5.74) is 6.57. The van der Waals surface area contributed by atoms with Crippen molar-refractivity contribution in [3.8, 4) is 5.75 Å². The van der Waals surface area contributed by atoms with Crippen LogP contribution in [0.1, 0.15) is 57.1 Å². The summed E-state index contributed by atoms with van der Waals surface area (Å²) in [5.74, 6) is 0.968. The van der Waals surface area contributed by atoms with Crippen LogP contribution in [0.5, 0.6) is 5.75 Å². The summed E-state index contributed by atoms with van der Waals surface area (Å²) in [7, 11) is 1.74. The number of allylic oxidation sites excluding steroid dienone is 1. The first-order valence-electron chi connectivity index (χ1n) is 8.55. The highest BCUT2D eigenvalue weighted by atomic mass is 16.5. The minimum Gasteiger partial charge on any atom is -0.497 e. The van der Waals surface area contributed by atoms with E-state index in [0.717, 1.165) is 31.4 Å². The summed E-state index contributed by atoms with van der Waals surface area (Å²) in [4.78, 5) is 0. The Balaban J connectivity index is 1.86. The van der Waals surface area contributed by atoms with E-state index in [2.05, 4.69) is 32.0 Å². The summed E-state index contributed by atoms with van der Waals surface area (Å²) < 4.78 is 5.40. The summed E-state index contributed by atoms with van der Waals surface area (Å²) >= 11 is 0. The highest BCUT2D eigenvalue weighted by Gasteiger charge is 2.50. The predicted molar refractivity (Wildman–Crippen MR) is 88.3 cm³/mol. The molecular formula is C20H26O2. The fraction of sp³-hybridized carbons (Fsp3) is 0.600. The Hall–Kier alpha value is -1.28. The average Bonchev–Trinajstić information content (AvgIpc) is 2.81. The van der Waals surface area contributed by atoms with Crippen LogP contribution in [0.4, 0.5) is 0 Å². The quantitative estimate of drug-likeness (QED) is 0.789. The number of hydrogen-bond donors (Lipinski definition) is 1. The molecule has 0 aliphatic heterocycles. The van der Waals surface area contributed by atoms with Gasteiger partial charge in [0.1, 0.15) is 5.75 Å². The SMILES string of the molecule is COc1ccc2c(c1)CCC1=C3C[C@@H](O)C[C@@]3(C)CC[C@]12C. The molecule has 3 aliphatic rings. The van der Waals surface area contributed by atoms with Gasteiger partial charge in [-0.05, 0) is 67.2 Å².